The molecule has 1 aromatic carbocycles. The van der Waals surface area contributed by atoms with Gasteiger partial charge in [0.15, 0.2) is 5.84 Å². The third-order valence-corrected chi connectivity index (χ3v) is 3.18. The van der Waals surface area contributed by atoms with Crippen molar-refractivity contribution >= 4 is 46.6 Å². The number of anilines is 2. The van der Waals surface area contributed by atoms with Gasteiger partial charge in [-0.25, -0.2) is 4.79 Å². The number of aromatic nitrogens is 2. The number of carbonyl (C=O) groups is 1. The first kappa shape index (κ1) is 14.9. The number of aromatic amines is 1. The second kappa shape index (κ2) is 6.33. The van der Waals surface area contributed by atoms with Crippen LogP contribution in [-0.2, 0) is 0 Å². The Morgan fingerprint density at radius 3 is 2.76 bits per heavy atom. The van der Waals surface area contributed by atoms with Gasteiger partial charge in [0.2, 0.25) is 0 Å². The number of H-pyrrole nitrogens is 1. The summed E-state index contributed by atoms with van der Waals surface area (Å²) in [5.74, 6) is -0.00329. The molecule has 0 aliphatic rings. The number of amidine groups is 1. The number of nitrogens with two attached hydrogens (primary N) is 1. The molecular weight excluding hydrogens is 319 g/mol. The summed E-state index contributed by atoms with van der Waals surface area (Å²) in [6, 6.07) is 4.08. The zero-order chi connectivity index (χ0) is 15.4. The van der Waals surface area contributed by atoms with Gasteiger partial charge < -0.3 is 16.3 Å². The van der Waals surface area contributed by atoms with Gasteiger partial charge in [0.05, 0.1) is 21.8 Å². The predicted octanol–water partition coefficient (Wildman–Crippen LogP) is 2.46. The zero-order valence-electron chi connectivity index (χ0n) is 10.4. The third kappa shape index (κ3) is 3.56. The zero-order valence-corrected chi connectivity index (χ0v) is 11.9. The smallest absolute Gasteiger partial charge is 0.324 e. The fourth-order valence-corrected chi connectivity index (χ4v) is 1.78. The van der Waals surface area contributed by atoms with Gasteiger partial charge in [-0.3, -0.25) is 10.4 Å². The Balaban J connectivity index is 2.08. The van der Waals surface area contributed by atoms with Crippen molar-refractivity contribution in [2.45, 2.75) is 0 Å². The van der Waals surface area contributed by atoms with Crippen LogP contribution in [0.4, 0.5) is 16.3 Å². The number of urea groups is 1. The van der Waals surface area contributed by atoms with Crippen molar-refractivity contribution in [3.05, 3.63) is 40.0 Å². The molecule has 8 nitrogen and oxygen atoms in total. The molecule has 0 atom stereocenters. The van der Waals surface area contributed by atoms with Crippen molar-refractivity contribution in [1.82, 2.24) is 10.2 Å². The minimum Gasteiger partial charge on any atom is -0.409 e. The molecule has 1 aromatic heterocycles. The number of rotatable bonds is 3. The molecule has 0 spiro atoms. The van der Waals surface area contributed by atoms with E-state index in [1.54, 1.807) is 12.1 Å². The second-order valence-corrected chi connectivity index (χ2v) is 4.67. The summed E-state index contributed by atoms with van der Waals surface area (Å²) in [6.07, 6.45) is 1.31. The third-order valence-electron chi connectivity index (χ3n) is 2.44. The normalized spacial score (nSPS) is 11.2. The topological polar surface area (TPSA) is 128 Å². The number of nitrogens with zero attached hydrogens (tertiary/aromatic N) is 2. The number of amides is 2. The SMILES string of the molecule is NC(=NO)c1cn[nH]c1NC(=O)Nc1ccc(Cl)c(Cl)c1. The van der Waals surface area contributed by atoms with E-state index in [0.717, 1.165) is 0 Å². The van der Waals surface area contributed by atoms with Gasteiger partial charge in [0, 0.05) is 5.69 Å². The Labute approximate surface area is 128 Å². The van der Waals surface area contributed by atoms with Crippen LogP contribution in [0.25, 0.3) is 0 Å². The summed E-state index contributed by atoms with van der Waals surface area (Å²) >= 11 is 11.6. The van der Waals surface area contributed by atoms with E-state index in [1.165, 1.54) is 12.3 Å². The molecule has 0 saturated heterocycles. The van der Waals surface area contributed by atoms with Crippen LogP contribution in [0, 0.1) is 0 Å². The summed E-state index contributed by atoms with van der Waals surface area (Å²) in [6.45, 7) is 0. The molecule has 0 unspecified atom stereocenters. The maximum Gasteiger partial charge on any atom is 0.324 e. The molecule has 10 heteroatoms. The number of hydrogen-bond acceptors (Lipinski definition) is 4. The lowest BCUT2D eigenvalue weighted by molar-refractivity contribution is 0.262. The highest BCUT2D eigenvalue weighted by Crippen LogP contribution is 2.25. The van der Waals surface area contributed by atoms with E-state index < -0.39 is 6.03 Å². The van der Waals surface area contributed by atoms with Crippen molar-refractivity contribution in [2.75, 3.05) is 10.6 Å². The van der Waals surface area contributed by atoms with Crippen molar-refractivity contribution in [2.24, 2.45) is 10.9 Å². The van der Waals surface area contributed by atoms with Crippen LogP contribution < -0.4 is 16.4 Å². The maximum atomic E-state index is 11.8. The molecule has 6 N–H and O–H groups in total. The lowest BCUT2D eigenvalue weighted by Gasteiger charge is -2.08. The summed E-state index contributed by atoms with van der Waals surface area (Å²) in [4.78, 5) is 11.8. The van der Waals surface area contributed by atoms with Crippen LogP contribution >= 0.6 is 23.2 Å². The second-order valence-electron chi connectivity index (χ2n) is 3.85. The van der Waals surface area contributed by atoms with Gasteiger partial charge in [0.1, 0.15) is 5.82 Å². The minimum atomic E-state index is -0.565. The molecule has 0 radical (unpaired) electrons. The van der Waals surface area contributed by atoms with Gasteiger partial charge in [-0.2, -0.15) is 5.10 Å². The van der Waals surface area contributed by atoms with Crippen LogP contribution in [-0.4, -0.2) is 27.3 Å². The molecule has 0 saturated carbocycles. The molecule has 21 heavy (non-hydrogen) atoms. The van der Waals surface area contributed by atoms with Gasteiger partial charge in [-0.15, -0.1) is 0 Å². The number of halogens is 2. The Morgan fingerprint density at radius 2 is 2.10 bits per heavy atom. The molecule has 0 fully saturated rings. The Kier molecular flexibility index (Phi) is 4.51. The summed E-state index contributed by atoms with van der Waals surface area (Å²) < 4.78 is 0. The predicted molar refractivity (Wildman–Crippen MR) is 80.2 cm³/mol. The minimum absolute atomic E-state index is 0.183. The monoisotopic (exact) mass is 328 g/mol. The van der Waals surface area contributed by atoms with Gasteiger partial charge in [0.25, 0.3) is 0 Å². The first-order valence-electron chi connectivity index (χ1n) is 5.55. The van der Waals surface area contributed by atoms with Gasteiger partial charge in [-0.05, 0) is 18.2 Å². The van der Waals surface area contributed by atoms with E-state index in [4.69, 9.17) is 34.1 Å². The van der Waals surface area contributed by atoms with E-state index in [2.05, 4.69) is 26.0 Å². The van der Waals surface area contributed by atoms with E-state index >= 15 is 0 Å². The summed E-state index contributed by atoms with van der Waals surface area (Å²) in [7, 11) is 0. The highest BCUT2D eigenvalue weighted by atomic mass is 35.5. The van der Waals surface area contributed by atoms with Crippen LogP contribution in [0.5, 0.6) is 0 Å². The van der Waals surface area contributed by atoms with Crippen LogP contribution in [0.15, 0.2) is 29.6 Å². The lowest BCUT2D eigenvalue weighted by Crippen LogP contribution is -2.22. The fourth-order valence-electron chi connectivity index (χ4n) is 1.48. The highest BCUT2D eigenvalue weighted by molar-refractivity contribution is 6.42. The molecule has 0 bridgehead atoms. The van der Waals surface area contributed by atoms with Gasteiger partial charge in [-0.1, -0.05) is 28.4 Å². The average Bonchev–Trinajstić information content (AvgIpc) is 2.90. The number of benzene rings is 1. The number of oxime groups is 1. The fraction of sp³-hybridized carbons (Fsp3) is 0. The molecule has 2 amide bonds. The van der Waals surface area contributed by atoms with Crippen molar-refractivity contribution < 1.29 is 10.0 Å². The Morgan fingerprint density at radius 1 is 1.33 bits per heavy atom. The molecule has 2 rings (SSSR count). The average molecular weight is 329 g/mol. The Bertz CT molecular complexity index is 700. The summed E-state index contributed by atoms with van der Waals surface area (Å²) in [5, 5.41) is 23.4. The largest absolute Gasteiger partial charge is 0.409 e. The van der Waals surface area contributed by atoms with E-state index in [9.17, 15) is 4.79 Å². The molecule has 0 aliphatic heterocycles. The molecule has 2 aromatic rings. The number of nitrogens with one attached hydrogen (secondary N) is 3. The van der Waals surface area contributed by atoms with Crippen molar-refractivity contribution in [3.63, 3.8) is 0 Å². The molecule has 0 aliphatic carbocycles. The lowest BCUT2D eigenvalue weighted by atomic mass is 10.3. The standard InChI is InChI=1S/C11H10Cl2N6O2/c12-7-2-1-5(3-8(7)13)16-11(20)17-10-6(4-15-18-10)9(14)19-21/h1-4,21H,(H2,14,19)(H3,15,16,17,18,20). The number of carbonyl (C=O) groups excluding carboxylic acids is 1. The van der Waals surface area contributed by atoms with Crippen molar-refractivity contribution in [1.29, 1.82) is 0 Å². The van der Waals surface area contributed by atoms with Crippen LogP contribution in [0.2, 0.25) is 10.0 Å². The van der Waals surface area contributed by atoms with E-state index in [0.29, 0.717) is 15.7 Å². The molecule has 110 valence electrons. The summed E-state index contributed by atoms with van der Waals surface area (Å²) in [5.41, 5.74) is 6.14. The molecule has 1 heterocycles. The quantitative estimate of drug-likeness (QED) is 0.256. The molecular formula is C11H10Cl2N6O2. The van der Waals surface area contributed by atoms with E-state index in [1.807, 2.05) is 0 Å². The van der Waals surface area contributed by atoms with Crippen molar-refractivity contribution in [3.8, 4) is 0 Å². The van der Waals surface area contributed by atoms with E-state index in [-0.39, 0.29) is 17.2 Å². The van der Waals surface area contributed by atoms with Crippen LogP contribution in [0.1, 0.15) is 5.56 Å². The first-order valence-corrected chi connectivity index (χ1v) is 6.31. The first-order chi connectivity index (χ1) is 10.0. The van der Waals surface area contributed by atoms with Gasteiger partial charge >= 0.3 is 6.03 Å². The maximum absolute atomic E-state index is 11.8. The highest BCUT2D eigenvalue weighted by Gasteiger charge is 2.12. The Hall–Kier alpha value is -2.45. The van der Waals surface area contributed by atoms with Crippen LogP contribution in [0.3, 0.4) is 0 Å². The number of hydrogen-bond donors (Lipinski definition) is 5.